The largest absolute Gasteiger partial charge is 0.0839 e. The van der Waals surface area contributed by atoms with E-state index in [4.69, 9.17) is 0 Å². The molecular weight excluding hydrogens is 192 g/mol. The molecule has 0 saturated heterocycles. The molecule has 1 aliphatic rings. The van der Waals surface area contributed by atoms with Gasteiger partial charge in [0.25, 0.3) is 0 Å². The molecule has 0 fully saturated rings. The van der Waals surface area contributed by atoms with Crippen LogP contribution >= 0.6 is 0 Å². The minimum absolute atomic E-state index is 0.623. The van der Waals surface area contributed by atoms with Gasteiger partial charge < -0.3 is 0 Å². The monoisotopic (exact) mass is 212 g/mol. The van der Waals surface area contributed by atoms with Gasteiger partial charge in [0.1, 0.15) is 0 Å². The van der Waals surface area contributed by atoms with Gasteiger partial charge in [-0.25, -0.2) is 0 Å². The second kappa shape index (κ2) is 5.16. The Morgan fingerprint density at radius 3 is 2.75 bits per heavy atom. The predicted octanol–water partition coefficient (Wildman–Crippen LogP) is 4.48. The van der Waals surface area contributed by atoms with Crippen LogP contribution in [0.2, 0.25) is 0 Å². The van der Waals surface area contributed by atoms with Crippen molar-refractivity contribution in [1.29, 1.82) is 0 Å². The molecule has 1 aromatic rings. The lowest BCUT2D eigenvalue weighted by Crippen LogP contribution is -2.10. The van der Waals surface area contributed by atoms with Crippen molar-refractivity contribution < 1.29 is 0 Å². The Morgan fingerprint density at radius 2 is 2.06 bits per heavy atom. The minimum atomic E-state index is 0.623. The average Bonchev–Trinajstić information content (AvgIpc) is 2.39. The summed E-state index contributed by atoms with van der Waals surface area (Å²) in [6.07, 6.45) is 11.3. The molecule has 1 aromatic carbocycles. The van der Waals surface area contributed by atoms with Crippen LogP contribution in [-0.4, -0.2) is 0 Å². The molecule has 0 heteroatoms. The molecule has 0 amide bonds. The number of allylic oxidation sites excluding steroid dienone is 4. The third kappa shape index (κ3) is 2.27. The zero-order valence-electron chi connectivity index (χ0n) is 10.2. The summed E-state index contributed by atoms with van der Waals surface area (Å²) >= 11 is 0. The minimum Gasteiger partial charge on any atom is -0.0839 e. The van der Waals surface area contributed by atoms with Gasteiger partial charge >= 0.3 is 0 Å². The van der Waals surface area contributed by atoms with E-state index in [1.54, 1.807) is 0 Å². The van der Waals surface area contributed by atoms with E-state index < -0.39 is 0 Å². The number of aryl methyl sites for hydroxylation is 1. The molecule has 0 spiro atoms. The fourth-order valence-electron chi connectivity index (χ4n) is 2.50. The molecule has 0 nitrogen and oxygen atoms in total. The first-order valence-electron chi connectivity index (χ1n) is 6.24. The maximum absolute atomic E-state index is 2.35. The second-order valence-electron chi connectivity index (χ2n) is 4.55. The molecule has 1 aliphatic carbocycles. The number of benzene rings is 1. The van der Waals surface area contributed by atoms with E-state index in [0.29, 0.717) is 11.8 Å². The molecule has 2 unspecified atom stereocenters. The molecule has 0 radical (unpaired) electrons. The van der Waals surface area contributed by atoms with Crippen molar-refractivity contribution in [2.75, 3.05) is 0 Å². The average molecular weight is 212 g/mol. The molecular formula is C16H20. The molecule has 0 bridgehead atoms. The fraction of sp³-hybridized carbons (Fsp3) is 0.375. The van der Waals surface area contributed by atoms with Crippen LogP contribution in [0.15, 0.2) is 48.6 Å². The van der Waals surface area contributed by atoms with E-state index in [-0.39, 0.29) is 0 Å². The van der Waals surface area contributed by atoms with Crippen molar-refractivity contribution in [2.24, 2.45) is 5.92 Å². The normalized spacial score (nSPS) is 21.0. The molecule has 0 heterocycles. The van der Waals surface area contributed by atoms with E-state index in [1.807, 2.05) is 0 Å². The zero-order chi connectivity index (χ0) is 11.4. The van der Waals surface area contributed by atoms with Gasteiger partial charge in [-0.3, -0.25) is 0 Å². The lowest BCUT2D eigenvalue weighted by molar-refractivity contribution is 0.541. The standard InChI is InChI=1S/C16H20/c1-3-14-9-7-8-12-16(14)13(2)15-10-5-4-6-11-15/h4-10,12-13,15H,3,11H2,1-2H3. The Morgan fingerprint density at radius 1 is 1.25 bits per heavy atom. The summed E-state index contributed by atoms with van der Waals surface area (Å²) in [6.45, 7) is 4.59. The molecule has 0 aliphatic heterocycles. The van der Waals surface area contributed by atoms with Crippen LogP contribution < -0.4 is 0 Å². The summed E-state index contributed by atoms with van der Waals surface area (Å²) in [5.41, 5.74) is 3.02. The SMILES string of the molecule is CCc1ccccc1C(C)C1C=CC=CC1. The predicted molar refractivity (Wildman–Crippen MR) is 70.6 cm³/mol. The summed E-state index contributed by atoms with van der Waals surface area (Å²) in [4.78, 5) is 0. The Labute approximate surface area is 98.7 Å². The second-order valence-corrected chi connectivity index (χ2v) is 4.55. The van der Waals surface area contributed by atoms with Gasteiger partial charge in [-0.1, -0.05) is 62.4 Å². The van der Waals surface area contributed by atoms with E-state index in [2.05, 4.69) is 62.4 Å². The Balaban J connectivity index is 2.22. The summed E-state index contributed by atoms with van der Waals surface area (Å²) in [5, 5.41) is 0. The molecule has 84 valence electrons. The van der Waals surface area contributed by atoms with Gasteiger partial charge in [-0.2, -0.15) is 0 Å². The van der Waals surface area contributed by atoms with Crippen LogP contribution in [-0.2, 0) is 6.42 Å². The third-order valence-corrected chi connectivity index (χ3v) is 3.58. The first-order chi connectivity index (χ1) is 7.83. The van der Waals surface area contributed by atoms with Crippen LogP contribution in [0.3, 0.4) is 0 Å². The first-order valence-corrected chi connectivity index (χ1v) is 6.24. The fourth-order valence-corrected chi connectivity index (χ4v) is 2.50. The summed E-state index contributed by atoms with van der Waals surface area (Å²) < 4.78 is 0. The molecule has 2 atom stereocenters. The van der Waals surface area contributed by atoms with E-state index in [0.717, 1.165) is 6.42 Å². The van der Waals surface area contributed by atoms with Crippen LogP contribution in [0.4, 0.5) is 0 Å². The summed E-state index contributed by atoms with van der Waals surface area (Å²) in [6, 6.07) is 8.85. The van der Waals surface area contributed by atoms with Crippen LogP contribution in [0.25, 0.3) is 0 Å². The zero-order valence-corrected chi connectivity index (χ0v) is 10.2. The maximum atomic E-state index is 2.35. The van der Waals surface area contributed by atoms with Crippen molar-refractivity contribution in [3.8, 4) is 0 Å². The number of rotatable bonds is 3. The van der Waals surface area contributed by atoms with Gasteiger partial charge in [-0.15, -0.1) is 0 Å². The topological polar surface area (TPSA) is 0 Å². The number of hydrogen-bond donors (Lipinski definition) is 0. The van der Waals surface area contributed by atoms with Crippen LogP contribution in [0.1, 0.15) is 37.3 Å². The Hall–Kier alpha value is -1.30. The molecule has 0 N–H and O–H groups in total. The molecule has 16 heavy (non-hydrogen) atoms. The van der Waals surface area contributed by atoms with Crippen LogP contribution in [0, 0.1) is 5.92 Å². The molecule has 0 saturated carbocycles. The van der Waals surface area contributed by atoms with Crippen molar-refractivity contribution in [2.45, 2.75) is 32.6 Å². The first kappa shape index (κ1) is 11.2. The summed E-state index contributed by atoms with van der Waals surface area (Å²) in [7, 11) is 0. The van der Waals surface area contributed by atoms with Crippen molar-refractivity contribution in [1.82, 2.24) is 0 Å². The van der Waals surface area contributed by atoms with Crippen molar-refractivity contribution >= 4 is 0 Å². The van der Waals surface area contributed by atoms with E-state index in [1.165, 1.54) is 17.5 Å². The van der Waals surface area contributed by atoms with Gasteiger partial charge in [-0.05, 0) is 35.8 Å². The van der Waals surface area contributed by atoms with Gasteiger partial charge in [0.15, 0.2) is 0 Å². The lowest BCUT2D eigenvalue weighted by Gasteiger charge is -2.23. The van der Waals surface area contributed by atoms with Gasteiger partial charge in [0.2, 0.25) is 0 Å². The lowest BCUT2D eigenvalue weighted by atomic mass is 9.81. The van der Waals surface area contributed by atoms with E-state index in [9.17, 15) is 0 Å². The Kier molecular flexibility index (Phi) is 3.61. The highest BCUT2D eigenvalue weighted by Gasteiger charge is 2.18. The van der Waals surface area contributed by atoms with Gasteiger partial charge in [0, 0.05) is 0 Å². The Bertz CT molecular complexity index is 398. The highest BCUT2D eigenvalue weighted by Crippen LogP contribution is 2.32. The van der Waals surface area contributed by atoms with Crippen molar-refractivity contribution in [3.05, 3.63) is 59.7 Å². The molecule has 2 rings (SSSR count). The highest BCUT2D eigenvalue weighted by atomic mass is 14.2. The smallest absolute Gasteiger partial charge is 0.0122 e. The number of hydrogen-bond acceptors (Lipinski definition) is 0. The molecule has 0 aromatic heterocycles. The van der Waals surface area contributed by atoms with Gasteiger partial charge in [0.05, 0.1) is 0 Å². The summed E-state index contributed by atoms with van der Waals surface area (Å²) in [5.74, 6) is 1.29. The van der Waals surface area contributed by atoms with Crippen LogP contribution in [0.5, 0.6) is 0 Å². The van der Waals surface area contributed by atoms with Crippen molar-refractivity contribution in [3.63, 3.8) is 0 Å². The van der Waals surface area contributed by atoms with E-state index >= 15 is 0 Å². The quantitative estimate of drug-likeness (QED) is 0.692. The maximum Gasteiger partial charge on any atom is -0.0122 e. The highest BCUT2D eigenvalue weighted by molar-refractivity contribution is 5.32. The third-order valence-electron chi connectivity index (χ3n) is 3.58.